The van der Waals surface area contributed by atoms with Crippen molar-refractivity contribution in [1.82, 2.24) is 4.72 Å². The van der Waals surface area contributed by atoms with E-state index in [1.54, 1.807) is 38.1 Å². The van der Waals surface area contributed by atoms with Crippen LogP contribution in [0.25, 0.3) is 0 Å². The van der Waals surface area contributed by atoms with E-state index in [1.807, 2.05) is 37.3 Å². The minimum atomic E-state index is -3.90. The van der Waals surface area contributed by atoms with Crippen molar-refractivity contribution in [1.29, 1.82) is 0 Å². The van der Waals surface area contributed by atoms with E-state index in [1.165, 1.54) is 5.56 Å². The molecule has 39 heavy (non-hydrogen) atoms. The zero-order chi connectivity index (χ0) is 29.1. The highest BCUT2D eigenvalue weighted by Crippen LogP contribution is 2.38. The maximum Gasteiger partial charge on any atom is 0.241 e. The Bertz CT molecular complexity index is 1360. The number of sulfonamides is 1. The fraction of sp³-hybridized carbons (Fsp3) is 0.438. The van der Waals surface area contributed by atoms with Gasteiger partial charge >= 0.3 is 0 Å². The van der Waals surface area contributed by atoms with Gasteiger partial charge in [-0.2, -0.15) is 0 Å². The van der Waals surface area contributed by atoms with E-state index in [9.17, 15) is 12.6 Å². The fourth-order valence-corrected chi connectivity index (χ4v) is 7.47. The van der Waals surface area contributed by atoms with Gasteiger partial charge in [-0.05, 0) is 72.9 Å². The lowest BCUT2D eigenvalue weighted by Gasteiger charge is -2.35. The smallest absolute Gasteiger partial charge is 0.241 e. The van der Waals surface area contributed by atoms with Crippen molar-refractivity contribution in [2.75, 3.05) is 0 Å². The molecule has 0 aromatic heterocycles. The first kappa shape index (κ1) is 31.2. The van der Waals surface area contributed by atoms with Gasteiger partial charge in [-0.15, -0.1) is 0 Å². The molecule has 0 aliphatic rings. The molecule has 1 N–H and O–H groups in total. The first-order chi connectivity index (χ1) is 18.1. The quantitative estimate of drug-likeness (QED) is 0.255. The molecule has 7 heteroatoms. The molecule has 0 heterocycles. The summed E-state index contributed by atoms with van der Waals surface area (Å²) in [6.07, 6.45) is 0. The van der Waals surface area contributed by atoms with Gasteiger partial charge in [0, 0.05) is 0 Å². The lowest BCUT2D eigenvalue weighted by molar-refractivity contribution is 0.0895. The van der Waals surface area contributed by atoms with Crippen LogP contribution in [0.4, 0.5) is 0 Å². The molecule has 0 fully saturated rings. The number of aryl methyl sites for hydroxylation is 1. The Hall–Kier alpha value is -2.32. The molecule has 2 atom stereocenters. The third kappa shape index (κ3) is 7.46. The average Bonchev–Trinajstić information content (AvgIpc) is 2.86. The van der Waals surface area contributed by atoms with Crippen LogP contribution >= 0.6 is 0 Å². The molecular weight excluding hydrogens is 526 g/mol. The maximum absolute atomic E-state index is 14.1. The van der Waals surface area contributed by atoms with E-state index in [2.05, 4.69) is 58.4 Å². The van der Waals surface area contributed by atoms with E-state index in [4.69, 9.17) is 4.18 Å². The van der Waals surface area contributed by atoms with Crippen molar-refractivity contribution < 1.29 is 16.8 Å². The number of benzene rings is 3. The van der Waals surface area contributed by atoms with Crippen molar-refractivity contribution in [2.24, 2.45) is 0 Å². The third-order valence-corrected chi connectivity index (χ3v) is 9.79. The standard InChI is InChI=1S/C32H43NO4S2/c1-21(2)26-19-28(22(3)4)30(29(20-26)23(5)6)38(34)37-32(8,9)31(25-13-11-10-12-14-25)33-39(35,36)27-17-15-24(7)16-18-27/h10-23,31,33H,1-9H3/t31-,38?/m0/s1. The lowest BCUT2D eigenvalue weighted by Crippen LogP contribution is -2.44. The van der Waals surface area contributed by atoms with Gasteiger partial charge in [0.25, 0.3) is 0 Å². The average molecular weight is 570 g/mol. The summed E-state index contributed by atoms with van der Waals surface area (Å²) in [5, 5.41) is 0. The Balaban J connectivity index is 2.08. The highest BCUT2D eigenvalue weighted by atomic mass is 32.2. The topological polar surface area (TPSA) is 72.5 Å². The predicted molar refractivity (Wildman–Crippen MR) is 161 cm³/mol. The Morgan fingerprint density at radius 1 is 0.769 bits per heavy atom. The Kier molecular flexibility index (Phi) is 9.97. The second-order valence-electron chi connectivity index (χ2n) is 11.7. The first-order valence-electron chi connectivity index (χ1n) is 13.6. The van der Waals surface area contributed by atoms with E-state index in [-0.39, 0.29) is 16.7 Å². The summed E-state index contributed by atoms with van der Waals surface area (Å²) < 4.78 is 50.3. The summed E-state index contributed by atoms with van der Waals surface area (Å²) in [5.41, 5.74) is 3.72. The van der Waals surface area contributed by atoms with Gasteiger partial charge in [-0.25, -0.2) is 17.3 Å². The van der Waals surface area contributed by atoms with E-state index in [0.717, 1.165) is 22.3 Å². The molecule has 3 aromatic carbocycles. The van der Waals surface area contributed by atoms with Crippen molar-refractivity contribution in [3.63, 3.8) is 0 Å². The Morgan fingerprint density at radius 2 is 1.28 bits per heavy atom. The van der Waals surface area contributed by atoms with E-state index in [0.29, 0.717) is 10.8 Å². The van der Waals surface area contributed by atoms with Gasteiger partial charge in [0.15, 0.2) is 11.1 Å². The molecule has 0 radical (unpaired) electrons. The van der Waals surface area contributed by atoms with Gasteiger partial charge in [0.05, 0.1) is 15.8 Å². The number of rotatable bonds is 11. The summed E-state index contributed by atoms with van der Waals surface area (Å²) in [4.78, 5) is 0.852. The highest BCUT2D eigenvalue weighted by Gasteiger charge is 2.38. The summed E-state index contributed by atoms with van der Waals surface area (Å²) in [6.45, 7) is 18.2. The third-order valence-electron chi connectivity index (χ3n) is 6.97. The molecule has 1 unspecified atom stereocenters. The van der Waals surface area contributed by atoms with Crippen LogP contribution in [0.3, 0.4) is 0 Å². The van der Waals surface area contributed by atoms with E-state index < -0.39 is 32.7 Å². The van der Waals surface area contributed by atoms with Gasteiger partial charge in [0.2, 0.25) is 10.0 Å². The zero-order valence-corrected chi connectivity index (χ0v) is 26.2. The van der Waals surface area contributed by atoms with Gasteiger partial charge in [-0.3, -0.25) is 4.18 Å². The summed E-state index contributed by atoms with van der Waals surface area (Å²) in [7, 11) is -3.90. The molecule has 0 amide bonds. The van der Waals surface area contributed by atoms with Crippen molar-refractivity contribution in [3.8, 4) is 0 Å². The van der Waals surface area contributed by atoms with Crippen LogP contribution in [0.1, 0.15) is 107 Å². The second kappa shape index (κ2) is 12.5. The molecular formula is C32H43NO4S2. The Morgan fingerprint density at radius 3 is 1.74 bits per heavy atom. The molecule has 212 valence electrons. The highest BCUT2D eigenvalue weighted by molar-refractivity contribution is 7.89. The molecule has 0 aliphatic carbocycles. The normalized spacial score (nSPS) is 14.3. The largest absolute Gasteiger partial charge is 0.279 e. The minimum absolute atomic E-state index is 0.136. The molecule has 0 spiro atoms. The van der Waals surface area contributed by atoms with Crippen molar-refractivity contribution in [2.45, 2.75) is 102 Å². The number of hydrogen-bond acceptors (Lipinski definition) is 4. The molecule has 3 aromatic rings. The van der Waals surface area contributed by atoms with Gasteiger partial charge in [0.1, 0.15) is 5.60 Å². The zero-order valence-electron chi connectivity index (χ0n) is 24.6. The van der Waals surface area contributed by atoms with Crippen LogP contribution in [0.5, 0.6) is 0 Å². The molecule has 0 saturated carbocycles. The van der Waals surface area contributed by atoms with Crippen LogP contribution in [0.15, 0.2) is 76.5 Å². The van der Waals surface area contributed by atoms with Gasteiger partial charge in [-0.1, -0.05) is 102 Å². The van der Waals surface area contributed by atoms with Crippen LogP contribution < -0.4 is 4.72 Å². The molecule has 0 aliphatic heterocycles. The summed E-state index contributed by atoms with van der Waals surface area (Å²) in [5.74, 6) is 0.604. The van der Waals surface area contributed by atoms with Crippen LogP contribution in [0.2, 0.25) is 0 Å². The van der Waals surface area contributed by atoms with Crippen LogP contribution in [-0.4, -0.2) is 18.2 Å². The fourth-order valence-electron chi connectivity index (χ4n) is 4.56. The molecule has 3 rings (SSSR count). The Labute approximate surface area is 238 Å². The van der Waals surface area contributed by atoms with Crippen molar-refractivity contribution >= 4 is 21.1 Å². The molecule has 0 bridgehead atoms. The minimum Gasteiger partial charge on any atom is -0.279 e. The second-order valence-corrected chi connectivity index (χ2v) is 14.5. The van der Waals surface area contributed by atoms with Crippen molar-refractivity contribution in [3.05, 3.63) is 94.5 Å². The molecule has 0 saturated heterocycles. The molecule has 5 nitrogen and oxygen atoms in total. The summed E-state index contributed by atoms with van der Waals surface area (Å²) in [6, 6.07) is 19.5. The lowest BCUT2D eigenvalue weighted by atomic mass is 9.89. The maximum atomic E-state index is 14.1. The van der Waals surface area contributed by atoms with E-state index >= 15 is 0 Å². The number of nitrogens with one attached hydrogen (secondary N) is 1. The van der Waals surface area contributed by atoms with Crippen LogP contribution in [-0.2, 0) is 25.3 Å². The summed E-state index contributed by atoms with van der Waals surface area (Å²) >= 11 is -1.84. The number of hydrogen-bond donors (Lipinski definition) is 1. The first-order valence-corrected chi connectivity index (χ1v) is 16.1. The monoisotopic (exact) mass is 569 g/mol. The van der Waals surface area contributed by atoms with Crippen LogP contribution in [0, 0.1) is 6.92 Å². The van der Waals surface area contributed by atoms with Gasteiger partial charge < -0.3 is 0 Å². The SMILES string of the molecule is Cc1ccc(S(=O)(=O)N[C@@H](c2ccccc2)C(C)(C)OS(=O)c2c(C(C)C)cc(C(C)C)cc2C(C)C)cc1. The predicted octanol–water partition coefficient (Wildman–Crippen LogP) is 7.90.